The number of methoxy groups -OCH3 is 1. The minimum absolute atomic E-state index is 0. The first-order chi connectivity index (χ1) is 8.31. The predicted molar refractivity (Wildman–Crippen MR) is 79.3 cm³/mol. The molecule has 2 aromatic carbocycles. The Morgan fingerprint density at radius 1 is 1.11 bits per heavy atom. The first kappa shape index (κ1) is 13.8. The van der Waals surface area contributed by atoms with Gasteiger partial charge in [-0.2, -0.15) is 0 Å². The number of hydrogen-bond acceptors (Lipinski definition) is 2. The number of fused-ring (bicyclic) bond motifs is 3. The maximum Gasteiger partial charge on any atom is 0.221 e. The Morgan fingerprint density at radius 2 is 1.89 bits per heavy atom. The van der Waals surface area contributed by atoms with Gasteiger partial charge in [0.2, 0.25) is 5.88 Å². The zero-order valence-corrected chi connectivity index (χ0v) is 13.9. The van der Waals surface area contributed by atoms with E-state index in [2.05, 4.69) is 39.1 Å². The van der Waals surface area contributed by atoms with Crippen LogP contribution in [0.15, 0.2) is 47.1 Å². The fourth-order valence-electron chi connectivity index (χ4n) is 2.12. The topological polar surface area (TPSA) is 22.1 Å². The van der Waals surface area contributed by atoms with Crippen LogP contribution >= 0.6 is 15.9 Å². The van der Waals surface area contributed by atoms with Crippen molar-refractivity contribution < 1.29 is 4.74 Å². The third-order valence-corrected chi connectivity index (χ3v) is 3.54. The number of halogens is 1. The van der Waals surface area contributed by atoms with Gasteiger partial charge in [-0.1, -0.05) is 40.2 Å². The molecular formula is C14H10BrNNaO. The second kappa shape index (κ2) is 5.57. The van der Waals surface area contributed by atoms with Crippen molar-refractivity contribution in [2.75, 3.05) is 7.11 Å². The van der Waals surface area contributed by atoms with Crippen LogP contribution in [0.4, 0.5) is 0 Å². The molecule has 1 aromatic heterocycles. The van der Waals surface area contributed by atoms with Crippen LogP contribution in [-0.4, -0.2) is 41.7 Å². The van der Waals surface area contributed by atoms with Gasteiger partial charge in [0.15, 0.2) is 0 Å². The van der Waals surface area contributed by atoms with Crippen molar-refractivity contribution in [2.24, 2.45) is 0 Å². The van der Waals surface area contributed by atoms with Crippen molar-refractivity contribution in [3.8, 4) is 5.88 Å². The summed E-state index contributed by atoms with van der Waals surface area (Å²) in [4.78, 5) is 4.27. The molecule has 0 fully saturated rings. The second-order valence-corrected chi connectivity index (χ2v) is 4.68. The molecule has 2 nitrogen and oxygen atoms in total. The zero-order chi connectivity index (χ0) is 11.8. The summed E-state index contributed by atoms with van der Waals surface area (Å²) >= 11 is 3.60. The molecule has 85 valence electrons. The van der Waals surface area contributed by atoms with Gasteiger partial charge in [-0.3, -0.25) is 0 Å². The van der Waals surface area contributed by atoms with E-state index in [9.17, 15) is 0 Å². The average molecular weight is 311 g/mol. The Bertz CT molecular complexity index is 715. The number of hydrogen-bond donors (Lipinski definition) is 0. The van der Waals surface area contributed by atoms with Gasteiger partial charge in [0.1, 0.15) is 0 Å². The number of pyridine rings is 1. The molecule has 0 aliphatic heterocycles. The SMILES string of the molecule is COc1nccc2c(Br)cc3ccccc3c12.[Na]. The van der Waals surface area contributed by atoms with E-state index >= 15 is 0 Å². The van der Waals surface area contributed by atoms with Gasteiger partial charge in [0.25, 0.3) is 0 Å². The number of aromatic nitrogens is 1. The fourth-order valence-corrected chi connectivity index (χ4v) is 2.70. The van der Waals surface area contributed by atoms with Crippen molar-refractivity contribution in [2.45, 2.75) is 0 Å². The third kappa shape index (κ3) is 2.16. The molecular weight excluding hydrogens is 301 g/mol. The summed E-state index contributed by atoms with van der Waals surface area (Å²) in [5.74, 6) is 0.667. The molecule has 1 heterocycles. The monoisotopic (exact) mass is 310 g/mol. The molecule has 0 unspecified atom stereocenters. The summed E-state index contributed by atoms with van der Waals surface area (Å²) in [6.45, 7) is 0. The first-order valence-corrected chi connectivity index (χ1v) is 6.10. The Kier molecular flexibility index (Phi) is 4.28. The molecule has 18 heavy (non-hydrogen) atoms. The largest absolute Gasteiger partial charge is 0.481 e. The molecule has 1 radical (unpaired) electrons. The van der Waals surface area contributed by atoms with E-state index in [1.807, 2.05) is 18.2 Å². The number of nitrogens with zero attached hydrogens (tertiary/aromatic N) is 1. The summed E-state index contributed by atoms with van der Waals surface area (Å²) in [5.41, 5.74) is 0. The van der Waals surface area contributed by atoms with Gasteiger partial charge in [-0.25, -0.2) is 4.98 Å². The van der Waals surface area contributed by atoms with Crippen LogP contribution in [0.3, 0.4) is 0 Å². The van der Waals surface area contributed by atoms with Gasteiger partial charge in [-0.05, 0) is 22.9 Å². The molecule has 4 heteroatoms. The number of ether oxygens (including phenoxy) is 1. The summed E-state index contributed by atoms with van der Waals surface area (Å²) in [5, 5.41) is 4.52. The molecule has 0 aliphatic rings. The first-order valence-electron chi connectivity index (χ1n) is 5.31. The van der Waals surface area contributed by atoms with Crippen molar-refractivity contribution in [1.29, 1.82) is 0 Å². The molecule has 0 spiro atoms. The molecule has 0 saturated carbocycles. The minimum Gasteiger partial charge on any atom is -0.481 e. The molecule has 3 aromatic rings. The van der Waals surface area contributed by atoms with E-state index in [-0.39, 0.29) is 29.6 Å². The minimum atomic E-state index is 0. The van der Waals surface area contributed by atoms with E-state index in [0.29, 0.717) is 5.88 Å². The summed E-state index contributed by atoms with van der Waals surface area (Å²) in [7, 11) is 1.65. The van der Waals surface area contributed by atoms with Crippen LogP contribution < -0.4 is 4.74 Å². The number of benzene rings is 2. The van der Waals surface area contributed by atoms with Crippen LogP contribution in [0.25, 0.3) is 21.5 Å². The smallest absolute Gasteiger partial charge is 0.221 e. The van der Waals surface area contributed by atoms with Gasteiger partial charge in [0.05, 0.1) is 12.5 Å². The van der Waals surface area contributed by atoms with Crippen LogP contribution in [0.1, 0.15) is 0 Å². The molecule has 0 saturated heterocycles. The third-order valence-electron chi connectivity index (χ3n) is 2.88. The van der Waals surface area contributed by atoms with Crippen LogP contribution in [0, 0.1) is 0 Å². The Hall–Kier alpha value is -0.610. The summed E-state index contributed by atoms with van der Waals surface area (Å²) in [6.07, 6.45) is 1.76. The van der Waals surface area contributed by atoms with Crippen molar-refractivity contribution in [1.82, 2.24) is 4.98 Å². The van der Waals surface area contributed by atoms with Gasteiger partial charge >= 0.3 is 0 Å². The molecule has 0 aliphatic carbocycles. The van der Waals surface area contributed by atoms with E-state index in [0.717, 1.165) is 20.6 Å². The normalized spacial score (nSPS) is 10.3. The van der Waals surface area contributed by atoms with E-state index in [1.54, 1.807) is 13.3 Å². The van der Waals surface area contributed by atoms with Crippen LogP contribution in [0.2, 0.25) is 0 Å². The molecule has 0 bridgehead atoms. The Labute approximate surface area is 136 Å². The summed E-state index contributed by atoms with van der Waals surface area (Å²) < 4.78 is 6.42. The van der Waals surface area contributed by atoms with Gasteiger partial charge in [0, 0.05) is 45.6 Å². The van der Waals surface area contributed by atoms with E-state index in [4.69, 9.17) is 4.74 Å². The number of rotatable bonds is 1. The fraction of sp³-hybridized carbons (Fsp3) is 0.0714. The molecule has 3 rings (SSSR count). The molecule has 0 atom stereocenters. The van der Waals surface area contributed by atoms with E-state index < -0.39 is 0 Å². The van der Waals surface area contributed by atoms with Crippen molar-refractivity contribution in [3.63, 3.8) is 0 Å². The maximum absolute atomic E-state index is 5.36. The van der Waals surface area contributed by atoms with Gasteiger partial charge in [-0.15, -0.1) is 0 Å². The zero-order valence-electron chi connectivity index (χ0n) is 10.3. The van der Waals surface area contributed by atoms with E-state index in [1.165, 1.54) is 5.39 Å². The van der Waals surface area contributed by atoms with Gasteiger partial charge < -0.3 is 4.74 Å². The Balaban J connectivity index is 0.00000120. The quantitative estimate of drug-likeness (QED) is 0.504. The Morgan fingerprint density at radius 3 is 2.67 bits per heavy atom. The van der Waals surface area contributed by atoms with Crippen molar-refractivity contribution in [3.05, 3.63) is 47.1 Å². The molecule has 0 amide bonds. The molecule has 0 N–H and O–H groups in total. The standard InChI is InChI=1S/C14H10BrNO.Na/c1-17-14-13-10-5-3-2-4-9(10)8-12(15)11(13)6-7-16-14;/h2-8H,1H3;. The predicted octanol–water partition coefficient (Wildman–Crippen LogP) is 3.78. The van der Waals surface area contributed by atoms with Crippen LogP contribution in [0.5, 0.6) is 5.88 Å². The second-order valence-electron chi connectivity index (χ2n) is 3.82. The van der Waals surface area contributed by atoms with Crippen molar-refractivity contribution >= 4 is 67.0 Å². The maximum atomic E-state index is 5.36. The van der Waals surface area contributed by atoms with Crippen LogP contribution in [-0.2, 0) is 0 Å². The summed E-state index contributed by atoms with van der Waals surface area (Å²) in [6, 6.07) is 12.4. The average Bonchev–Trinajstić information content (AvgIpc) is 2.38.